The van der Waals surface area contributed by atoms with Gasteiger partial charge in [-0.1, -0.05) is 17.7 Å². The summed E-state index contributed by atoms with van der Waals surface area (Å²) in [5.74, 6) is 0.505. The molecule has 0 amide bonds. The van der Waals surface area contributed by atoms with Crippen LogP contribution in [-0.2, 0) is 19.6 Å². The molecule has 1 aliphatic heterocycles. The van der Waals surface area contributed by atoms with Crippen LogP contribution in [0.5, 0.6) is 5.75 Å². The largest absolute Gasteiger partial charge is 0.487 e. The number of nitrogens with zero attached hydrogens (tertiary/aromatic N) is 2. The number of pyridine rings is 2. The summed E-state index contributed by atoms with van der Waals surface area (Å²) in [6, 6.07) is 12.9. The van der Waals surface area contributed by atoms with E-state index in [2.05, 4.69) is 21.4 Å². The SMILES string of the molecule is O=c1cc(OCc2ccc(Cl)cn2)ccn1-c1ccc2c3c([nH]c2c1)CCNC3. The smallest absolute Gasteiger partial charge is 0.258 e. The van der Waals surface area contributed by atoms with Crippen molar-refractivity contribution in [1.29, 1.82) is 0 Å². The molecule has 0 spiro atoms. The fraction of sp³-hybridized carbons (Fsp3) is 0.182. The average Bonchev–Trinajstić information content (AvgIpc) is 3.11. The number of aromatic nitrogens is 3. The summed E-state index contributed by atoms with van der Waals surface area (Å²) in [7, 11) is 0. The van der Waals surface area contributed by atoms with E-state index in [1.54, 1.807) is 35.2 Å². The van der Waals surface area contributed by atoms with Crippen LogP contribution in [0.3, 0.4) is 0 Å². The van der Waals surface area contributed by atoms with Crippen LogP contribution in [0.15, 0.2) is 59.7 Å². The first kappa shape index (κ1) is 18.0. The van der Waals surface area contributed by atoms with E-state index in [-0.39, 0.29) is 12.2 Å². The molecule has 7 heteroatoms. The van der Waals surface area contributed by atoms with Crippen LogP contribution in [-0.4, -0.2) is 21.1 Å². The van der Waals surface area contributed by atoms with Crippen molar-refractivity contribution in [1.82, 2.24) is 19.9 Å². The lowest BCUT2D eigenvalue weighted by molar-refractivity contribution is 0.300. The molecule has 0 aliphatic carbocycles. The van der Waals surface area contributed by atoms with E-state index in [1.165, 1.54) is 22.7 Å². The van der Waals surface area contributed by atoms with Gasteiger partial charge in [0.2, 0.25) is 0 Å². The predicted octanol–water partition coefficient (Wildman–Crippen LogP) is 3.59. The third kappa shape index (κ3) is 3.52. The van der Waals surface area contributed by atoms with E-state index < -0.39 is 0 Å². The number of hydrogen-bond donors (Lipinski definition) is 2. The Labute approximate surface area is 172 Å². The van der Waals surface area contributed by atoms with Gasteiger partial charge in [-0.05, 0) is 35.9 Å². The molecule has 0 fully saturated rings. The normalized spacial score (nSPS) is 13.4. The second-order valence-corrected chi connectivity index (χ2v) is 7.50. The molecule has 4 heterocycles. The maximum Gasteiger partial charge on any atom is 0.258 e. The van der Waals surface area contributed by atoms with Crippen LogP contribution < -0.4 is 15.6 Å². The zero-order valence-electron chi connectivity index (χ0n) is 15.6. The lowest BCUT2D eigenvalue weighted by atomic mass is 10.1. The monoisotopic (exact) mass is 406 g/mol. The van der Waals surface area contributed by atoms with Crippen LogP contribution in [0, 0.1) is 0 Å². The van der Waals surface area contributed by atoms with Gasteiger partial charge < -0.3 is 15.0 Å². The number of hydrogen-bond acceptors (Lipinski definition) is 4. The Morgan fingerprint density at radius 1 is 1.17 bits per heavy atom. The maximum absolute atomic E-state index is 12.7. The first-order chi connectivity index (χ1) is 14.2. The molecule has 0 unspecified atom stereocenters. The van der Waals surface area contributed by atoms with Crippen molar-refractivity contribution in [2.45, 2.75) is 19.6 Å². The molecule has 2 N–H and O–H groups in total. The molecule has 0 saturated carbocycles. The number of rotatable bonds is 4. The lowest BCUT2D eigenvalue weighted by Gasteiger charge is -2.12. The highest BCUT2D eigenvalue weighted by Crippen LogP contribution is 2.26. The minimum absolute atomic E-state index is 0.149. The van der Waals surface area contributed by atoms with Gasteiger partial charge in [-0.3, -0.25) is 14.3 Å². The summed E-state index contributed by atoms with van der Waals surface area (Å²) in [4.78, 5) is 20.3. The zero-order valence-corrected chi connectivity index (χ0v) is 16.4. The molecule has 4 aromatic rings. The topological polar surface area (TPSA) is 71.9 Å². The second kappa shape index (κ2) is 7.39. The van der Waals surface area contributed by atoms with Gasteiger partial charge in [0.1, 0.15) is 12.4 Å². The van der Waals surface area contributed by atoms with Gasteiger partial charge in [0, 0.05) is 54.6 Å². The Kier molecular flexibility index (Phi) is 4.58. The number of fused-ring (bicyclic) bond motifs is 3. The van der Waals surface area contributed by atoms with E-state index in [4.69, 9.17) is 16.3 Å². The summed E-state index contributed by atoms with van der Waals surface area (Å²) in [6.45, 7) is 2.14. The highest BCUT2D eigenvalue weighted by molar-refractivity contribution is 6.30. The van der Waals surface area contributed by atoms with Gasteiger partial charge in [-0.25, -0.2) is 0 Å². The Morgan fingerprint density at radius 3 is 2.93 bits per heavy atom. The standard InChI is InChI=1S/C22H19ClN4O2/c23-14-1-2-15(25-11-14)13-29-17-6-8-27(22(28)10-17)16-3-4-18-19-12-24-7-5-20(19)26-21(18)9-16/h1-4,6,8-11,24,26H,5,7,12-13H2. The number of benzene rings is 1. The minimum Gasteiger partial charge on any atom is -0.487 e. The first-order valence-corrected chi connectivity index (χ1v) is 9.86. The molecule has 146 valence electrons. The lowest BCUT2D eigenvalue weighted by Crippen LogP contribution is -2.22. The Bertz CT molecular complexity index is 1240. The van der Waals surface area contributed by atoms with Crippen LogP contribution in [0.1, 0.15) is 17.0 Å². The second-order valence-electron chi connectivity index (χ2n) is 7.07. The molecule has 5 rings (SSSR count). The van der Waals surface area contributed by atoms with E-state index in [0.717, 1.165) is 36.4 Å². The van der Waals surface area contributed by atoms with Gasteiger partial charge >= 0.3 is 0 Å². The summed E-state index contributed by atoms with van der Waals surface area (Å²) in [5.41, 5.74) is 5.07. The minimum atomic E-state index is -0.149. The van der Waals surface area contributed by atoms with Crippen molar-refractivity contribution >= 4 is 22.5 Å². The van der Waals surface area contributed by atoms with Crippen molar-refractivity contribution in [2.24, 2.45) is 0 Å². The molecule has 0 atom stereocenters. The third-order valence-corrected chi connectivity index (χ3v) is 5.40. The highest BCUT2D eigenvalue weighted by Gasteiger charge is 2.15. The molecule has 1 aliphatic rings. The molecule has 0 radical (unpaired) electrons. The zero-order chi connectivity index (χ0) is 19.8. The maximum atomic E-state index is 12.7. The molecular formula is C22H19ClN4O2. The van der Waals surface area contributed by atoms with Gasteiger partial charge in [0.15, 0.2) is 0 Å². The molecule has 0 bridgehead atoms. The number of ether oxygens (including phenoxy) is 1. The molecule has 29 heavy (non-hydrogen) atoms. The first-order valence-electron chi connectivity index (χ1n) is 9.48. The van der Waals surface area contributed by atoms with Crippen molar-refractivity contribution in [3.63, 3.8) is 0 Å². The van der Waals surface area contributed by atoms with Crippen LogP contribution in [0.2, 0.25) is 5.02 Å². The molecule has 3 aromatic heterocycles. The van der Waals surface area contributed by atoms with E-state index >= 15 is 0 Å². The van der Waals surface area contributed by atoms with Crippen molar-refractivity contribution in [3.8, 4) is 11.4 Å². The molecule has 1 aromatic carbocycles. The number of aromatic amines is 1. The van der Waals surface area contributed by atoms with Gasteiger partial charge in [0.05, 0.1) is 16.4 Å². The fourth-order valence-electron chi connectivity index (χ4n) is 3.70. The molecule has 6 nitrogen and oxygen atoms in total. The Morgan fingerprint density at radius 2 is 2.10 bits per heavy atom. The van der Waals surface area contributed by atoms with E-state index in [9.17, 15) is 4.79 Å². The summed E-state index contributed by atoms with van der Waals surface area (Å²) in [6.07, 6.45) is 4.30. The molecular weight excluding hydrogens is 388 g/mol. The summed E-state index contributed by atoms with van der Waals surface area (Å²) in [5, 5.41) is 5.19. The summed E-state index contributed by atoms with van der Waals surface area (Å²) >= 11 is 5.84. The Hall–Kier alpha value is -3.09. The number of nitrogens with one attached hydrogen (secondary N) is 2. The van der Waals surface area contributed by atoms with Crippen molar-refractivity contribution in [2.75, 3.05) is 6.54 Å². The molecule has 0 saturated heterocycles. The predicted molar refractivity (Wildman–Crippen MR) is 113 cm³/mol. The third-order valence-electron chi connectivity index (χ3n) is 5.18. The number of H-pyrrole nitrogens is 1. The average molecular weight is 407 g/mol. The van der Waals surface area contributed by atoms with Gasteiger partial charge in [0.25, 0.3) is 5.56 Å². The summed E-state index contributed by atoms with van der Waals surface area (Å²) < 4.78 is 7.31. The van der Waals surface area contributed by atoms with Crippen LogP contribution in [0.4, 0.5) is 0 Å². The fourth-order valence-corrected chi connectivity index (χ4v) is 3.82. The number of halogens is 1. The Balaban J connectivity index is 1.39. The van der Waals surface area contributed by atoms with Crippen molar-refractivity contribution < 1.29 is 4.74 Å². The van der Waals surface area contributed by atoms with E-state index in [0.29, 0.717) is 10.8 Å². The van der Waals surface area contributed by atoms with Crippen LogP contribution >= 0.6 is 11.6 Å². The highest BCUT2D eigenvalue weighted by atomic mass is 35.5. The quantitative estimate of drug-likeness (QED) is 0.543. The van der Waals surface area contributed by atoms with E-state index in [1.807, 2.05) is 12.1 Å². The van der Waals surface area contributed by atoms with Crippen LogP contribution in [0.25, 0.3) is 16.6 Å². The van der Waals surface area contributed by atoms with Gasteiger partial charge in [-0.15, -0.1) is 0 Å². The van der Waals surface area contributed by atoms with Crippen molar-refractivity contribution in [3.05, 3.63) is 87.2 Å². The van der Waals surface area contributed by atoms with Gasteiger partial charge in [-0.2, -0.15) is 0 Å².